The van der Waals surface area contributed by atoms with Gasteiger partial charge in [-0.25, -0.2) is 0 Å². The molecule has 1 aliphatic heterocycles. The Morgan fingerprint density at radius 2 is 1.93 bits per heavy atom. The van der Waals surface area contributed by atoms with Gasteiger partial charge in [-0.3, -0.25) is 9.59 Å². The fraction of sp³-hybridized carbons (Fsp3) is 0.524. The molecular formula is C21H27NO5. The lowest BCUT2D eigenvalue weighted by Gasteiger charge is -2.11. The van der Waals surface area contributed by atoms with E-state index >= 15 is 0 Å². The molecule has 0 unspecified atom stereocenters. The molecule has 0 radical (unpaired) electrons. The van der Waals surface area contributed by atoms with E-state index in [0.29, 0.717) is 30.4 Å². The van der Waals surface area contributed by atoms with E-state index in [1.54, 1.807) is 18.2 Å². The van der Waals surface area contributed by atoms with E-state index in [2.05, 4.69) is 11.4 Å². The Balaban J connectivity index is 1.52. The van der Waals surface area contributed by atoms with Gasteiger partial charge in [0.2, 0.25) is 0 Å². The van der Waals surface area contributed by atoms with Crippen molar-refractivity contribution in [2.24, 2.45) is 17.3 Å². The molecule has 2 atom stereocenters. The molecule has 2 aliphatic rings. The Morgan fingerprint density at radius 3 is 2.63 bits per heavy atom. The number of carbonyl (C=O) groups excluding carboxylic acids is 2. The lowest BCUT2D eigenvalue weighted by molar-refractivity contribution is -0.149. The Bertz CT molecular complexity index is 764. The molecule has 1 saturated carbocycles. The van der Waals surface area contributed by atoms with Crippen molar-refractivity contribution < 1.29 is 23.8 Å². The second-order valence-electron chi connectivity index (χ2n) is 7.94. The lowest BCUT2D eigenvalue weighted by Crippen LogP contribution is -2.22. The average molecular weight is 373 g/mol. The first-order valence-corrected chi connectivity index (χ1v) is 9.30. The third-order valence-corrected chi connectivity index (χ3v) is 5.05. The van der Waals surface area contributed by atoms with E-state index in [1.807, 2.05) is 27.7 Å². The highest BCUT2D eigenvalue weighted by atomic mass is 16.5. The fourth-order valence-corrected chi connectivity index (χ4v) is 3.46. The molecule has 0 aromatic heterocycles. The van der Waals surface area contributed by atoms with Crippen molar-refractivity contribution in [3.05, 3.63) is 29.8 Å². The molecule has 3 rings (SSSR count). The standard InChI is InChI=1S/C21H27NO5/c1-13(2)10-15-19(21(15,3)4)20(24)27-12-18(23)22-14-6-7-16-17(11-14)26-9-5-8-25-16/h6-7,10-11,15,19H,5,8-9,12H2,1-4H3,(H,22,23)/t15-,19-/m0/s1. The van der Waals surface area contributed by atoms with Gasteiger partial charge in [0.25, 0.3) is 5.91 Å². The summed E-state index contributed by atoms with van der Waals surface area (Å²) in [7, 11) is 0. The molecule has 6 nitrogen and oxygen atoms in total. The summed E-state index contributed by atoms with van der Waals surface area (Å²) >= 11 is 0. The van der Waals surface area contributed by atoms with Crippen molar-refractivity contribution in [3.63, 3.8) is 0 Å². The number of esters is 1. The molecular weight excluding hydrogens is 346 g/mol. The molecule has 6 heteroatoms. The second-order valence-corrected chi connectivity index (χ2v) is 7.94. The minimum atomic E-state index is -0.380. The molecule has 0 bridgehead atoms. The Kier molecular flexibility index (Phi) is 5.44. The number of allylic oxidation sites excluding steroid dienone is 2. The van der Waals surface area contributed by atoms with Crippen molar-refractivity contribution in [3.8, 4) is 11.5 Å². The maximum Gasteiger partial charge on any atom is 0.310 e. The van der Waals surface area contributed by atoms with Gasteiger partial charge in [-0.1, -0.05) is 25.5 Å². The summed E-state index contributed by atoms with van der Waals surface area (Å²) in [4.78, 5) is 24.5. The summed E-state index contributed by atoms with van der Waals surface area (Å²) in [6, 6.07) is 5.22. The van der Waals surface area contributed by atoms with E-state index in [-0.39, 0.29) is 35.7 Å². The zero-order chi connectivity index (χ0) is 19.6. The quantitative estimate of drug-likeness (QED) is 0.631. The Morgan fingerprint density at radius 1 is 1.22 bits per heavy atom. The smallest absolute Gasteiger partial charge is 0.310 e. The zero-order valence-corrected chi connectivity index (χ0v) is 16.3. The van der Waals surface area contributed by atoms with Gasteiger partial charge in [0, 0.05) is 18.2 Å². The van der Waals surface area contributed by atoms with Crippen LogP contribution in [0.15, 0.2) is 29.8 Å². The van der Waals surface area contributed by atoms with Gasteiger partial charge >= 0.3 is 5.97 Å². The van der Waals surface area contributed by atoms with Crippen LogP contribution >= 0.6 is 0 Å². The predicted molar refractivity (Wildman–Crippen MR) is 102 cm³/mol. The third kappa shape index (κ3) is 4.43. The SMILES string of the molecule is CC(C)=C[C@H]1[C@@H](C(=O)OCC(=O)Nc2ccc3c(c2)OCCCO3)C1(C)C. The van der Waals surface area contributed by atoms with E-state index in [4.69, 9.17) is 14.2 Å². The van der Waals surface area contributed by atoms with Crippen LogP contribution in [-0.2, 0) is 14.3 Å². The molecule has 1 N–H and O–H groups in total. The van der Waals surface area contributed by atoms with Crippen LogP contribution in [0.3, 0.4) is 0 Å². The minimum Gasteiger partial charge on any atom is -0.490 e. The van der Waals surface area contributed by atoms with E-state index in [1.165, 1.54) is 5.57 Å². The molecule has 27 heavy (non-hydrogen) atoms. The summed E-state index contributed by atoms with van der Waals surface area (Å²) < 4.78 is 16.4. The molecule has 1 amide bonds. The molecule has 1 fully saturated rings. The van der Waals surface area contributed by atoms with Crippen LogP contribution in [0.5, 0.6) is 11.5 Å². The van der Waals surface area contributed by atoms with E-state index < -0.39 is 0 Å². The Labute approximate surface area is 159 Å². The molecule has 0 saturated heterocycles. The van der Waals surface area contributed by atoms with Crippen LogP contribution < -0.4 is 14.8 Å². The molecule has 146 valence electrons. The molecule has 1 aromatic carbocycles. The third-order valence-electron chi connectivity index (χ3n) is 5.05. The van der Waals surface area contributed by atoms with E-state index in [0.717, 1.165) is 6.42 Å². The summed E-state index contributed by atoms with van der Waals surface area (Å²) in [5, 5.41) is 2.73. The normalized spacial score (nSPS) is 22.2. The van der Waals surface area contributed by atoms with Gasteiger partial charge in [0.1, 0.15) is 0 Å². The van der Waals surface area contributed by atoms with Crippen molar-refractivity contribution in [1.82, 2.24) is 0 Å². The number of hydrogen-bond donors (Lipinski definition) is 1. The first-order valence-electron chi connectivity index (χ1n) is 9.30. The number of ether oxygens (including phenoxy) is 3. The number of benzene rings is 1. The van der Waals surface area contributed by atoms with E-state index in [9.17, 15) is 9.59 Å². The van der Waals surface area contributed by atoms with Crippen LogP contribution in [0.2, 0.25) is 0 Å². The highest BCUT2D eigenvalue weighted by Crippen LogP contribution is 2.59. The Hall–Kier alpha value is -2.50. The monoisotopic (exact) mass is 373 g/mol. The van der Waals surface area contributed by atoms with Crippen molar-refractivity contribution >= 4 is 17.6 Å². The number of carbonyl (C=O) groups is 2. The fourth-order valence-electron chi connectivity index (χ4n) is 3.46. The van der Waals surface area contributed by atoms with Crippen LogP contribution in [0.1, 0.15) is 34.1 Å². The predicted octanol–water partition coefficient (Wildman–Crippen LogP) is 3.57. The minimum absolute atomic E-state index is 0.126. The van der Waals surface area contributed by atoms with Crippen LogP contribution in [0.4, 0.5) is 5.69 Å². The number of nitrogens with one attached hydrogen (secondary N) is 1. The van der Waals surface area contributed by atoms with Gasteiger partial charge < -0.3 is 19.5 Å². The van der Waals surface area contributed by atoms with Crippen molar-refractivity contribution in [2.75, 3.05) is 25.1 Å². The molecule has 1 aliphatic carbocycles. The second kappa shape index (κ2) is 7.62. The zero-order valence-electron chi connectivity index (χ0n) is 16.3. The lowest BCUT2D eigenvalue weighted by atomic mass is 10.1. The molecule has 1 aromatic rings. The average Bonchev–Trinajstić information content (AvgIpc) is 3.22. The van der Waals surface area contributed by atoms with Gasteiger partial charge in [-0.2, -0.15) is 0 Å². The topological polar surface area (TPSA) is 73.9 Å². The van der Waals surface area contributed by atoms with Crippen LogP contribution in [0.25, 0.3) is 0 Å². The van der Waals surface area contributed by atoms with Gasteiger partial charge in [0.15, 0.2) is 18.1 Å². The van der Waals surface area contributed by atoms with Crippen molar-refractivity contribution in [2.45, 2.75) is 34.1 Å². The number of anilines is 1. The summed E-state index contributed by atoms with van der Waals surface area (Å²) in [6.45, 7) is 8.99. The van der Waals surface area contributed by atoms with Crippen LogP contribution in [-0.4, -0.2) is 31.7 Å². The number of hydrogen-bond acceptors (Lipinski definition) is 5. The maximum atomic E-state index is 12.3. The first-order chi connectivity index (χ1) is 12.8. The largest absolute Gasteiger partial charge is 0.490 e. The number of amides is 1. The number of rotatable bonds is 5. The molecule has 0 spiro atoms. The van der Waals surface area contributed by atoms with Crippen molar-refractivity contribution in [1.29, 1.82) is 0 Å². The van der Waals surface area contributed by atoms with Gasteiger partial charge in [-0.05, 0) is 37.3 Å². The highest BCUT2D eigenvalue weighted by molar-refractivity contribution is 5.93. The highest BCUT2D eigenvalue weighted by Gasteiger charge is 2.61. The number of fused-ring (bicyclic) bond motifs is 1. The summed E-state index contributed by atoms with van der Waals surface area (Å²) in [5.74, 6) is 0.536. The van der Waals surface area contributed by atoms with Crippen LogP contribution in [0, 0.1) is 17.3 Å². The van der Waals surface area contributed by atoms with Gasteiger partial charge in [-0.15, -0.1) is 0 Å². The summed E-state index contributed by atoms with van der Waals surface area (Å²) in [6.07, 6.45) is 2.92. The first kappa shape index (κ1) is 19.3. The summed E-state index contributed by atoms with van der Waals surface area (Å²) in [5.41, 5.74) is 1.63. The van der Waals surface area contributed by atoms with Gasteiger partial charge in [0.05, 0.1) is 19.1 Å². The maximum absolute atomic E-state index is 12.3. The molecule has 1 heterocycles.